The van der Waals surface area contributed by atoms with Crippen LogP contribution < -0.4 is 10.6 Å². The van der Waals surface area contributed by atoms with Crippen molar-refractivity contribution in [3.63, 3.8) is 0 Å². The molecule has 0 bridgehead atoms. The van der Waals surface area contributed by atoms with Crippen molar-refractivity contribution in [1.29, 1.82) is 0 Å². The Morgan fingerprint density at radius 3 is 3.05 bits per heavy atom. The van der Waals surface area contributed by atoms with E-state index < -0.39 is 0 Å². The van der Waals surface area contributed by atoms with E-state index in [1.165, 1.54) is 11.3 Å². The number of nitrogens with one attached hydrogen (secondary N) is 2. The second-order valence-corrected chi connectivity index (χ2v) is 7.47. The SMILES string of the molecule is O=C1N[C@H](CI)CNc2c1sc1ccc3nc(Cl)ccc3c21. The molecule has 0 unspecified atom stereocenters. The van der Waals surface area contributed by atoms with E-state index >= 15 is 0 Å². The average Bonchev–Trinajstić information content (AvgIpc) is 2.82. The first-order chi connectivity index (χ1) is 10.7. The summed E-state index contributed by atoms with van der Waals surface area (Å²) in [6, 6.07) is 7.86. The van der Waals surface area contributed by atoms with Crippen LogP contribution in [0.1, 0.15) is 9.67 Å². The molecule has 1 atom stereocenters. The topological polar surface area (TPSA) is 54.0 Å². The number of hydrogen-bond donors (Lipinski definition) is 2. The summed E-state index contributed by atoms with van der Waals surface area (Å²) in [7, 11) is 0. The van der Waals surface area contributed by atoms with Crippen molar-refractivity contribution in [2.75, 3.05) is 16.3 Å². The number of thiophene rings is 1. The minimum absolute atomic E-state index is 0.00191. The normalized spacial score (nSPS) is 17.9. The van der Waals surface area contributed by atoms with Gasteiger partial charge in [-0.2, -0.15) is 0 Å². The Hall–Kier alpha value is -1.12. The first kappa shape index (κ1) is 14.5. The van der Waals surface area contributed by atoms with Gasteiger partial charge in [-0.15, -0.1) is 11.3 Å². The molecule has 112 valence electrons. The minimum Gasteiger partial charge on any atom is -0.381 e. The van der Waals surface area contributed by atoms with E-state index in [2.05, 4.69) is 38.2 Å². The first-order valence-electron chi connectivity index (χ1n) is 6.80. The maximum Gasteiger partial charge on any atom is 0.263 e. The third-order valence-electron chi connectivity index (χ3n) is 3.74. The largest absolute Gasteiger partial charge is 0.381 e. The lowest BCUT2D eigenvalue weighted by Gasteiger charge is -2.12. The predicted molar refractivity (Wildman–Crippen MR) is 101 cm³/mol. The molecular formula is C15H11ClIN3OS. The van der Waals surface area contributed by atoms with Crippen molar-refractivity contribution >= 4 is 78.1 Å². The van der Waals surface area contributed by atoms with Crippen LogP contribution in [0.3, 0.4) is 0 Å². The van der Waals surface area contributed by atoms with Crippen molar-refractivity contribution < 1.29 is 4.79 Å². The Morgan fingerprint density at radius 2 is 2.23 bits per heavy atom. The molecular weight excluding hydrogens is 433 g/mol. The van der Waals surface area contributed by atoms with Gasteiger partial charge in [-0.3, -0.25) is 4.79 Å². The molecule has 1 aliphatic rings. The maximum atomic E-state index is 12.5. The maximum absolute atomic E-state index is 12.5. The molecule has 4 rings (SSSR count). The van der Waals surface area contributed by atoms with E-state index in [9.17, 15) is 4.79 Å². The highest BCUT2D eigenvalue weighted by Gasteiger charge is 2.25. The van der Waals surface area contributed by atoms with Gasteiger partial charge in [0, 0.05) is 26.4 Å². The van der Waals surface area contributed by atoms with Crippen LogP contribution in [0, 0.1) is 0 Å². The van der Waals surface area contributed by atoms with E-state index in [0.717, 1.165) is 42.5 Å². The number of anilines is 1. The van der Waals surface area contributed by atoms with Crippen LogP contribution in [0.2, 0.25) is 5.15 Å². The molecule has 1 amide bonds. The molecule has 0 aliphatic carbocycles. The van der Waals surface area contributed by atoms with Gasteiger partial charge in [-0.25, -0.2) is 4.98 Å². The summed E-state index contributed by atoms with van der Waals surface area (Å²) in [6.45, 7) is 0.727. The number of halogens is 2. The van der Waals surface area contributed by atoms with Crippen molar-refractivity contribution in [2.24, 2.45) is 0 Å². The van der Waals surface area contributed by atoms with Gasteiger partial charge in [-0.1, -0.05) is 34.2 Å². The molecule has 0 radical (unpaired) electrons. The van der Waals surface area contributed by atoms with Crippen LogP contribution in [0.15, 0.2) is 24.3 Å². The second kappa shape index (κ2) is 5.50. The fourth-order valence-corrected chi connectivity index (χ4v) is 4.51. The fraction of sp³-hybridized carbons (Fsp3) is 0.200. The van der Waals surface area contributed by atoms with Gasteiger partial charge in [0.15, 0.2) is 0 Å². The lowest BCUT2D eigenvalue weighted by atomic mass is 10.1. The number of pyridine rings is 1. The third-order valence-corrected chi connectivity index (χ3v) is 6.17. The Labute approximate surface area is 149 Å². The van der Waals surface area contributed by atoms with Gasteiger partial charge in [0.1, 0.15) is 10.0 Å². The molecule has 7 heteroatoms. The molecule has 0 saturated carbocycles. The summed E-state index contributed by atoms with van der Waals surface area (Å²) in [4.78, 5) is 17.6. The van der Waals surface area contributed by atoms with E-state index in [0.29, 0.717) is 5.15 Å². The van der Waals surface area contributed by atoms with E-state index in [-0.39, 0.29) is 11.9 Å². The Kier molecular flexibility index (Phi) is 3.62. The van der Waals surface area contributed by atoms with E-state index in [4.69, 9.17) is 11.6 Å². The summed E-state index contributed by atoms with van der Waals surface area (Å²) in [6.07, 6.45) is 0. The van der Waals surface area contributed by atoms with Gasteiger partial charge in [0.2, 0.25) is 0 Å². The molecule has 0 saturated heterocycles. The lowest BCUT2D eigenvalue weighted by Crippen LogP contribution is -2.38. The number of carbonyl (C=O) groups excluding carboxylic acids is 1. The number of amides is 1. The predicted octanol–water partition coefficient (Wildman–Crippen LogP) is 4.06. The van der Waals surface area contributed by atoms with Gasteiger partial charge < -0.3 is 10.6 Å². The summed E-state index contributed by atoms with van der Waals surface area (Å²) in [5, 5.41) is 9.07. The number of nitrogens with zero attached hydrogens (tertiary/aromatic N) is 1. The lowest BCUT2D eigenvalue weighted by molar-refractivity contribution is 0.0950. The molecule has 4 nitrogen and oxygen atoms in total. The summed E-state index contributed by atoms with van der Waals surface area (Å²) < 4.78 is 1.96. The highest BCUT2D eigenvalue weighted by molar-refractivity contribution is 14.1. The molecule has 1 aromatic carbocycles. The molecule has 1 aliphatic heterocycles. The number of rotatable bonds is 1. The number of benzene rings is 1. The number of fused-ring (bicyclic) bond motifs is 5. The number of carbonyl (C=O) groups is 1. The Morgan fingerprint density at radius 1 is 1.36 bits per heavy atom. The molecule has 3 aromatic rings. The highest BCUT2D eigenvalue weighted by Crippen LogP contribution is 2.40. The van der Waals surface area contributed by atoms with Gasteiger partial charge in [-0.05, 0) is 24.3 Å². The van der Waals surface area contributed by atoms with E-state index in [1.807, 2.05) is 18.2 Å². The highest BCUT2D eigenvalue weighted by atomic mass is 127. The third kappa shape index (κ3) is 2.24. The fourth-order valence-electron chi connectivity index (χ4n) is 2.73. The van der Waals surface area contributed by atoms with Crippen LogP contribution >= 0.6 is 45.5 Å². The van der Waals surface area contributed by atoms with Gasteiger partial charge in [0.25, 0.3) is 5.91 Å². The van der Waals surface area contributed by atoms with E-state index in [1.54, 1.807) is 6.07 Å². The van der Waals surface area contributed by atoms with Crippen LogP contribution in [0.25, 0.3) is 21.0 Å². The summed E-state index contributed by atoms with van der Waals surface area (Å²) in [5.74, 6) is -0.00191. The molecule has 22 heavy (non-hydrogen) atoms. The van der Waals surface area contributed by atoms with Crippen molar-refractivity contribution in [3.8, 4) is 0 Å². The monoisotopic (exact) mass is 443 g/mol. The minimum atomic E-state index is -0.00191. The Balaban J connectivity index is 2.00. The zero-order chi connectivity index (χ0) is 15.3. The smallest absolute Gasteiger partial charge is 0.263 e. The average molecular weight is 444 g/mol. The van der Waals surface area contributed by atoms with Crippen molar-refractivity contribution in [3.05, 3.63) is 34.3 Å². The standard InChI is InChI=1S/C15H11ClIN3OS/c16-11-4-1-8-9(20-11)2-3-10-12(8)13-14(22-10)15(21)19-7(5-17)6-18-13/h1-4,7,18H,5-6H2,(H,19,21)/t7-/m1/s1. The van der Waals surface area contributed by atoms with Gasteiger partial charge in [0.05, 0.1) is 17.2 Å². The van der Waals surface area contributed by atoms with Crippen LogP contribution in [0.5, 0.6) is 0 Å². The number of alkyl halides is 1. The van der Waals surface area contributed by atoms with Crippen LogP contribution in [-0.4, -0.2) is 27.9 Å². The number of hydrogen-bond acceptors (Lipinski definition) is 4. The van der Waals surface area contributed by atoms with Crippen LogP contribution in [-0.2, 0) is 0 Å². The molecule has 2 N–H and O–H groups in total. The summed E-state index contributed by atoms with van der Waals surface area (Å²) in [5.41, 5.74) is 1.76. The quantitative estimate of drug-likeness (QED) is 0.339. The first-order valence-corrected chi connectivity index (χ1v) is 9.52. The molecule has 0 spiro atoms. The zero-order valence-corrected chi connectivity index (χ0v) is 15.1. The Bertz CT molecular complexity index is 911. The summed E-state index contributed by atoms with van der Waals surface area (Å²) >= 11 is 9.79. The number of aromatic nitrogens is 1. The molecule has 3 heterocycles. The zero-order valence-electron chi connectivity index (χ0n) is 11.3. The van der Waals surface area contributed by atoms with Crippen LogP contribution in [0.4, 0.5) is 5.69 Å². The second-order valence-electron chi connectivity index (χ2n) is 5.15. The molecule has 0 fully saturated rings. The molecule has 2 aromatic heterocycles. The van der Waals surface area contributed by atoms with Gasteiger partial charge >= 0.3 is 0 Å². The van der Waals surface area contributed by atoms with Crippen molar-refractivity contribution in [1.82, 2.24) is 10.3 Å². The van der Waals surface area contributed by atoms with Crippen molar-refractivity contribution in [2.45, 2.75) is 6.04 Å².